The summed E-state index contributed by atoms with van der Waals surface area (Å²) < 4.78 is 38.6. The molecule has 19 heavy (non-hydrogen) atoms. The van der Waals surface area contributed by atoms with Crippen molar-refractivity contribution in [2.45, 2.75) is 31.9 Å². The maximum atomic E-state index is 12.9. The Hall–Kier alpha value is -1.65. The molecule has 0 aromatic carbocycles. The highest BCUT2D eigenvalue weighted by atomic mass is 19.4. The van der Waals surface area contributed by atoms with E-state index in [0.29, 0.717) is 11.3 Å². The highest BCUT2D eigenvalue weighted by Gasteiger charge is 2.35. The predicted molar refractivity (Wildman–Crippen MR) is 68.8 cm³/mol. The van der Waals surface area contributed by atoms with Crippen molar-refractivity contribution in [1.29, 1.82) is 0 Å². The van der Waals surface area contributed by atoms with Gasteiger partial charge in [0.05, 0.1) is 11.3 Å². The van der Waals surface area contributed by atoms with E-state index >= 15 is 0 Å². The molecule has 0 spiro atoms. The van der Waals surface area contributed by atoms with Gasteiger partial charge in [0, 0.05) is 25.0 Å². The predicted octanol–water partition coefficient (Wildman–Crippen LogP) is 3.60. The third-order valence-electron chi connectivity index (χ3n) is 3.41. The van der Waals surface area contributed by atoms with Gasteiger partial charge >= 0.3 is 6.18 Å². The van der Waals surface area contributed by atoms with Crippen molar-refractivity contribution in [1.82, 2.24) is 4.90 Å². The largest absolute Gasteiger partial charge is 0.417 e. The summed E-state index contributed by atoms with van der Waals surface area (Å²) in [5, 5.41) is 0. The second-order valence-electron chi connectivity index (χ2n) is 4.78. The van der Waals surface area contributed by atoms with Gasteiger partial charge in [-0.2, -0.15) is 13.2 Å². The molecule has 2 rings (SSSR count). The molecule has 1 heterocycles. The van der Waals surface area contributed by atoms with Crippen LogP contribution in [0.1, 0.15) is 25.7 Å². The molecule has 0 aromatic heterocycles. The van der Waals surface area contributed by atoms with E-state index in [1.54, 1.807) is 7.05 Å². The van der Waals surface area contributed by atoms with Crippen molar-refractivity contribution in [2.24, 2.45) is 5.73 Å². The van der Waals surface area contributed by atoms with E-state index in [0.717, 1.165) is 37.5 Å². The lowest BCUT2D eigenvalue weighted by Gasteiger charge is -2.29. The van der Waals surface area contributed by atoms with Gasteiger partial charge in [0.15, 0.2) is 0 Å². The molecular formula is C14H17F3N2. The summed E-state index contributed by atoms with van der Waals surface area (Å²) in [6.07, 6.45) is 5.15. The molecule has 104 valence electrons. The first-order chi connectivity index (χ1) is 8.93. The Morgan fingerprint density at radius 1 is 1.32 bits per heavy atom. The molecule has 0 fully saturated rings. The van der Waals surface area contributed by atoms with E-state index < -0.39 is 11.7 Å². The standard InChI is InChI=1S/C14H17F3N2/c1-19-9-11(14(15,16)17)7-12(13(19)8-18)10-5-3-2-4-6-10/h5,7-9H,2-4,6,18H2,1H3/b13-8-. The molecule has 0 saturated heterocycles. The Balaban J connectivity index is 2.44. The zero-order chi connectivity index (χ0) is 14.0. The molecular weight excluding hydrogens is 253 g/mol. The fourth-order valence-electron chi connectivity index (χ4n) is 2.44. The van der Waals surface area contributed by atoms with E-state index in [1.165, 1.54) is 17.2 Å². The third kappa shape index (κ3) is 2.85. The Morgan fingerprint density at radius 3 is 2.58 bits per heavy atom. The highest BCUT2D eigenvalue weighted by molar-refractivity contribution is 5.53. The van der Waals surface area contributed by atoms with Crippen LogP contribution in [0.2, 0.25) is 0 Å². The zero-order valence-electron chi connectivity index (χ0n) is 10.8. The van der Waals surface area contributed by atoms with Gasteiger partial charge in [0.2, 0.25) is 0 Å². The van der Waals surface area contributed by atoms with Crippen molar-refractivity contribution in [3.05, 3.63) is 47.0 Å². The second kappa shape index (κ2) is 5.15. The van der Waals surface area contributed by atoms with E-state index in [2.05, 4.69) is 0 Å². The topological polar surface area (TPSA) is 29.3 Å². The van der Waals surface area contributed by atoms with Crippen LogP contribution < -0.4 is 5.73 Å². The Bertz CT molecular complexity index is 481. The minimum absolute atomic E-state index is 0.597. The lowest BCUT2D eigenvalue weighted by atomic mass is 9.89. The lowest BCUT2D eigenvalue weighted by Crippen LogP contribution is -2.24. The number of alkyl halides is 3. The molecule has 0 aromatic rings. The molecule has 0 radical (unpaired) electrons. The first-order valence-electron chi connectivity index (χ1n) is 6.28. The molecule has 2 nitrogen and oxygen atoms in total. The van der Waals surface area contributed by atoms with Crippen molar-refractivity contribution in [3.63, 3.8) is 0 Å². The van der Waals surface area contributed by atoms with Crippen LogP contribution in [0.15, 0.2) is 47.0 Å². The van der Waals surface area contributed by atoms with Crippen LogP contribution in [0, 0.1) is 0 Å². The van der Waals surface area contributed by atoms with Crippen LogP contribution in [0.3, 0.4) is 0 Å². The number of nitrogens with two attached hydrogens (primary N) is 1. The van der Waals surface area contributed by atoms with Crippen LogP contribution in [-0.4, -0.2) is 18.1 Å². The summed E-state index contributed by atoms with van der Waals surface area (Å²) >= 11 is 0. The zero-order valence-corrected chi connectivity index (χ0v) is 10.8. The van der Waals surface area contributed by atoms with Crippen molar-refractivity contribution < 1.29 is 13.2 Å². The molecule has 5 heteroatoms. The molecule has 0 amide bonds. The Labute approximate surface area is 110 Å². The van der Waals surface area contributed by atoms with Crippen LogP contribution >= 0.6 is 0 Å². The molecule has 2 N–H and O–H groups in total. The number of hydrogen-bond donors (Lipinski definition) is 1. The molecule has 0 saturated carbocycles. The van der Waals surface area contributed by atoms with Crippen LogP contribution in [0.4, 0.5) is 13.2 Å². The molecule has 2 aliphatic rings. The van der Waals surface area contributed by atoms with Gasteiger partial charge in [-0.1, -0.05) is 6.08 Å². The van der Waals surface area contributed by atoms with Gasteiger partial charge in [0.1, 0.15) is 0 Å². The van der Waals surface area contributed by atoms with Crippen molar-refractivity contribution >= 4 is 0 Å². The van der Waals surface area contributed by atoms with Gasteiger partial charge < -0.3 is 10.6 Å². The SMILES string of the molecule is CN1C=C(C(F)(F)F)C=C(C2=CCCCC2)/C1=C/N. The first-order valence-corrected chi connectivity index (χ1v) is 6.28. The average molecular weight is 270 g/mol. The van der Waals surface area contributed by atoms with Gasteiger partial charge in [0.25, 0.3) is 0 Å². The van der Waals surface area contributed by atoms with Crippen molar-refractivity contribution in [2.75, 3.05) is 7.05 Å². The van der Waals surface area contributed by atoms with Gasteiger partial charge in [-0.15, -0.1) is 0 Å². The first kappa shape index (κ1) is 13.8. The smallest absolute Gasteiger partial charge is 0.403 e. The number of hydrogen-bond acceptors (Lipinski definition) is 2. The number of halogens is 3. The molecule has 0 atom stereocenters. The average Bonchev–Trinajstić information content (AvgIpc) is 2.37. The summed E-state index contributed by atoms with van der Waals surface area (Å²) in [6, 6.07) is 0. The number of rotatable bonds is 1. The lowest BCUT2D eigenvalue weighted by molar-refractivity contribution is -0.0893. The van der Waals surface area contributed by atoms with Crippen molar-refractivity contribution in [3.8, 4) is 0 Å². The summed E-state index contributed by atoms with van der Waals surface area (Å²) in [5.74, 6) is 0. The summed E-state index contributed by atoms with van der Waals surface area (Å²) in [5.41, 5.74) is 7.11. The quantitative estimate of drug-likeness (QED) is 0.788. The third-order valence-corrected chi connectivity index (χ3v) is 3.41. The Kier molecular flexibility index (Phi) is 3.73. The monoisotopic (exact) mass is 270 g/mol. The van der Waals surface area contributed by atoms with Crippen LogP contribution in [-0.2, 0) is 0 Å². The maximum absolute atomic E-state index is 12.9. The number of likely N-dealkylation sites (N-methyl/N-ethyl adjacent to an activating group) is 1. The fraction of sp³-hybridized carbons (Fsp3) is 0.429. The number of nitrogens with zero attached hydrogens (tertiary/aromatic N) is 1. The number of allylic oxidation sites excluding steroid dienone is 4. The fourth-order valence-corrected chi connectivity index (χ4v) is 2.44. The summed E-state index contributed by atoms with van der Waals surface area (Å²) in [4.78, 5) is 1.44. The van der Waals surface area contributed by atoms with E-state index in [9.17, 15) is 13.2 Å². The van der Waals surface area contributed by atoms with E-state index in [1.807, 2.05) is 6.08 Å². The molecule has 1 aliphatic carbocycles. The highest BCUT2D eigenvalue weighted by Crippen LogP contribution is 2.37. The maximum Gasteiger partial charge on any atom is 0.417 e. The molecule has 0 bridgehead atoms. The normalized spacial score (nSPS) is 23.1. The molecule has 1 aliphatic heterocycles. The van der Waals surface area contributed by atoms with Gasteiger partial charge in [-0.3, -0.25) is 0 Å². The van der Waals surface area contributed by atoms with E-state index in [-0.39, 0.29) is 0 Å². The Morgan fingerprint density at radius 2 is 2.05 bits per heavy atom. The second-order valence-corrected chi connectivity index (χ2v) is 4.78. The summed E-state index contributed by atoms with van der Waals surface area (Å²) in [6.45, 7) is 0. The van der Waals surface area contributed by atoms with Gasteiger partial charge in [-0.25, -0.2) is 0 Å². The summed E-state index contributed by atoms with van der Waals surface area (Å²) in [7, 11) is 1.58. The minimum atomic E-state index is -4.34. The van der Waals surface area contributed by atoms with Gasteiger partial charge in [-0.05, 0) is 37.3 Å². The molecule has 0 unspecified atom stereocenters. The van der Waals surface area contributed by atoms with E-state index in [4.69, 9.17) is 5.73 Å². The van der Waals surface area contributed by atoms with Crippen LogP contribution in [0.5, 0.6) is 0 Å². The minimum Gasteiger partial charge on any atom is -0.403 e. The van der Waals surface area contributed by atoms with Crippen LogP contribution in [0.25, 0.3) is 0 Å².